The fraction of sp³-hybridized carbons (Fsp3) is 0.0667. The minimum atomic E-state index is -0.587. The number of nitrogens with one attached hydrogen (secondary N) is 1. The van der Waals surface area contributed by atoms with Gasteiger partial charge in [0, 0.05) is 10.7 Å². The molecule has 0 aliphatic carbocycles. The van der Waals surface area contributed by atoms with E-state index >= 15 is 0 Å². The van der Waals surface area contributed by atoms with Crippen LogP contribution in [0.5, 0.6) is 0 Å². The van der Waals surface area contributed by atoms with Crippen molar-refractivity contribution in [3.63, 3.8) is 0 Å². The quantitative estimate of drug-likeness (QED) is 0.880. The Morgan fingerprint density at radius 1 is 1.05 bits per heavy atom. The molecular formula is C15H12ClNO3. The van der Waals surface area contributed by atoms with Gasteiger partial charge in [-0.2, -0.15) is 0 Å². The molecule has 0 fully saturated rings. The van der Waals surface area contributed by atoms with Crippen molar-refractivity contribution in [3.8, 4) is 0 Å². The highest BCUT2D eigenvalue weighted by Crippen LogP contribution is 2.11. The molecule has 0 atom stereocenters. The van der Waals surface area contributed by atoms with Crippen molar-refractivity contribution in [3.05, 3.63) is 65.2 Å². The van der Waals surface area contributed by atoms with Crippen LogP contribution in [0.15, 0.2) is 54.6 Å². The molecule has 0 saturated carbocycles. The van der Waals surface area contributed by atoms with E-state index in [1.807, 2.05) is 6.07 Å². The molecule has 20 heavy (non-hydrogen) atoms. The standard InChI is InChI=1S/C15H12ClNO3/c16-12-6-4-5-11(9-12)15(19)20-10-14(18)17-13-7-2-1-3-8-13/h1-9H,10H2,(H,17,18). The maximum Gasteiger partial charge on any atom is 0.338 e. The number of ether oxygens (including phenoxy) is 1. The first-order valence-electron chi connectivity index (χ1n) is 5.93. The molecule has 2 aromatic carbocycles. The van der Waals surface area contributed by atoms with Gasteiger partial charge in [-0.05, 0) is 30.3 Å². The molecule has 102 valence electrons. The molecule has 0 aliphatic heterocycles. The van der Waals surface area contributed by atoms with Crippen molar-refractivity contribution in [1.29, 1.82) is 0 Å². The number of esters is 1. The summed E-state index contributed by atoms with van der Waals surface area (Å²) >= 11 is 5.77. The number of halogens is 1. The van der Waals surface area contributed by atoms with Gasteiger partial charge in [-0.1, -0.05) is 35.9 Å². The topological polar surface area (TPSA) is 55.4 Å². The third-order valence-electron chi connectivity index (χ3n) is 2.45. The summed E-state index contributed by atoms with van der Waals surface area (Å²) in [4.78, 5) is 23.3. The van der Waals surface area contributed by atoms with Crippen molar-refractivity contribution >= 4 is 29.2 Å². The summed E-state index contributed by atoms with van der Waals surface area (Å²) in [5.74, 6) is -0.984. The van der Waals surface area contributed by atoms with Gasteiger partial charge in [-0.3, -0.25) is 4.79 Å². The van der Waals surface area contributed by atoms with Gasteiger partial charge in [-0.15, -0.1) is 0 Å². The number of anilines is 1. The zero-order valence-electron chi connectivity index (χ0n) is 10.5. The number of hydrogen-bond donors (Lipinski definition) is 1. The van der Waals surface area contributed by atoms with Crippen LogP contribution in [0, 0.1) is 0 Å². The third kappa shape index (κ3) is 4.10. The van der Waals surface area contributed by atoms with Crippen LogP contribution >= 0.6 is 11.6 Å². The lowest BCUT2D eigenvalue weighted by molar-refractivity contribution is -0.119. The molecule has 2 rings (SSSR count). The molecule has 1 N–H and O–H groups in total. The lowest BCUT2D eigenvalue weighted by Crippen LogP contribution is -2.20. The number of para-hydroxylation sites is 1. The lowest BCUT2D eigenvalue weighted by atomic mass is 10.2. The molecule has 0 saturated heterocycles. The van der Waals surface area contributed by atoms with Crippen molar-refractivity contribution in [2.45, 2.75) is 0 Å². The van der Waals surface area contributed by atoms with E-state index in [2.05, 4.69) is 5.32 Å². The van der Waals surface area contributed by atoms with Crippen LogP contribution in [-0.4, -0.2) is 18.5 Å². The molecule has 4 nitrogen and oxygen atoms in total. The number of carbonyl (C=O) groups is 2. The van der Waals surface area contributed by atoms with Crippen LogP contribution in [0.3, 0.4) is 0 Å². The van der Waals surface area contributed by atoms with E-state index in [0.29, 0.717) is 16.3 Å². The van der Waals surface area contributed by atoms with Crippen molar-refractivity contribution < 1.29 is 14.3 Å². The highest BCUT2D eigenvalue weighted by molar-refractivity contribution is 6.30. The lowest BCUT2D eigenvalue weighted by Gasteiger charge is -2.06. The molecule has 0 spiro atoms. The number of rotatable bonds is 4. The Bertz CT molecular complexity index is 614. The third-order valence-corrected chi connectivity index (χ3v) is 2.69. The fourth-order valence-corrected chi connectivity index (χ4v) is 1.74. The normalized spacial score (nSPS) is 9.85. The SMILES string of the molecule is O=C(COC(=O)c1cccc(Cl)c1)Nc1ccccc1. The minimum absolute atomic E-state index is 0.310. The predicted octanol–water partition coefficient (Wildman–Crippen LogP) is 3.14. The molecule has 0 unspecified atom stereocenters. The summed E-state index contributed by atoms with van der Waals surface area (Å²) in [5, 5.41) is 3.06. The monoisotopic (exact) mass is 289 g/mol. The maximum atomic E-state index is 11.7. The highest BCUT2D eigenvalue weighted by atomic mass is 35.5. The van der Waals surface area contributed by atoms with Gasteiger partial charge in [0.2, 0.25) is 0 Å². The predicted molar refractivity (Wildman–Crippen MR) is 76.8 cm³/mol. The molecule has 0 aliphatic rings. The van der Waals surface area contributed by atoms with E-state index in [1.165, 1.54) is 6.07 Å². The van der Waals surface area contributed by atoms with Crippen molar-refractivity contribution in [2.24, 2.45) is 0 Å². The Kier molecular flexibility index (Phi) is 4.74. The van der Waals surface area contributed by atoms with Gasteiger partial charge in [0.25, 0.3) is 5.91 Å². The van der Waals surface area contributed by atoms with E-state index in [-0.39, 0.29) is 6.61 Å². The largest absolute Gasteiger partial charge is 0.452 e. The Labute approximate surface area is 121 Å². The van der Waals surface area contributed by atoms with Crippen LogP contribution in [0.4, 0.5) is 5.69 Å². The van der Waals surface area contributed by atoms with Crippen LogP contribution in [-0.2, 0) is 9.53 Å². The molecule has 0 heterocycles. The van der Waals surface area contributed by atoms with Gasteiger partial charge in [-0.25, -0.2) is 4.79 Å². The highest BCUT2D eigenvalue weighted by Gasteiger charge is 2.10. The molecule has 5 heteroatoms. The van der Waals surface area contributed by atoms with Gasteiger partial charge in [0.1, 0.15) is 0 Å². The Balaban J connectivity index is 1.86. The van der Waals surface area contributed by atoms with Gasteiger partial charge in [0.15, 0.2) is 6.61 Å². The van der Waals surface area contributed by atoms with Crippen LogP contribution in [0.25, 0.3) is 0 Å². The Hall–Kier alpha value is -2.33. The minimum Gasteiger partial charge on any atom is -0.452 e. The molecule has 1 amide bonds. The number of hydrogen-bond acceptors (Lipinski definition) is 3. The summed E-state index contributed by atoms with van der Waals surface area (Å²) in [6.45, 7) is -0.347. The van der Waals surface area contributed by atoms with Gasteiger partial charge in [0.05, 0.1) is 5.56 Å². The summed E-state index contributed by atoms with van der Waals surface area (Å²) in [6, 6.07) is 15.3. The first-order chi connectivity index (χ1) is 9.65. The molecule has 2 aromatic rings. The zero-order chi connectivity index (χ0) is 14.4. The average molecular weight is 290 g/mol. The van der Waals surface area contributed by atoms with E-state index in [4.69, 9.17) is 16.3 Å². The fourth-order valence-electron chi connectivity index (χ4n) is 1.55. The van der Waals surface area contributed by atoms with E-state index in [9.17, 15) is 9.59 Å². The first-order valence-corrected chi connectivity index (χ1v) is 6.30. The number of carbonyl (C=O) groups excluding carboxylic acids is 2. The number of benzene rings is 2. The van der Waals surface area contributed by atoms with Crippen LogP contribution in [0.1, 0.15) is 10.4 Å². The van der Waals surface area contributed by atoms with Gasteiger partial charge >= 0.3 is 5.97 Å². The van der Waals surface area contributed by atoms with Gasteiger partial charge < -0.3 is 10.1 Å². The van der Waals surface area contributed by atoms with Crippen LogP contribution < -0.4 is 5.32 Å². The van der Waals surface area contributed by atoms with Crippen molar-refractivity contribution in [2.75, 3.05) is 11.9 Å². The average Bonchev–Trinajstić information content (AvgIpc) is 2.46. The molecule has 0 aromatic heterocycles. The summed E-state index contributed by atoms with van der Waals surface area (Å²) < 4.78 is 4.91. The van der Waals surface area contributed by atoms with E-state index in [0.717, 1.165) is 0 Å². The van der Waals surface area contributed by atoms with Crippen molar-refractivity contribution in [1.82, 2.24) is 0 Å². The summed E-state index contributed by atoms with van der Waals surface area (Å²) in [6.07, 6.45) is 0. The first kappa shape index (κ1) is 14.1. The second-order valence-electron chi connectivity index (χ2n) is 4.00. The summed E-state index contributed by atoms with van der Waals surface area (Å²) in [5.41, 5.74) is 0.960. The number of amides is 1. The second kappa shape index (κ2) is 6.73. The Morgan fingerprint density at radius 3 is 2.50 bits per heavy atom. The maximum absolute atomic E-state index is 11.7. The molecule has 0 bridgehead atoms. The summed E-state index contributed by atoms with van der Waals surface area (Å²) in [7, 11) is 0. The Morgan fingerprint density at radius 2 is 1.80 bits per heavy atom. The molecular weight excluding hydrogens is 278 g/mol. The molecule has 0 radical (unpaired) electrons. The smallest absolute Gasteiger partial charge is 0.338 e. The van der Waals surface area contributed by atoms with E-state index < -0.39 is 11.9 Å². The van der Waals surface area contributed by atoms with E-state index in [1.54, 1.807) is 42.5 Å². The zero-order valence-corrected chi connectivity index (χ0v) is 11.3. The van der Waals surface area contributed by atoms with Crippen LogP contribution in [0.2, 0.25) is 5.02 Å². The second-order valence-corrected chi connectivity index (χ2v) is 4.44.